The normalized spacial score (nSPS) is 12.1. The van der Waals surface area contributed by atoms with E-state index in [1.165, 1.54) is 0 Å². The van der Waals surface area contributed by atoms with Crippen LogP contribution in [0.1, 0.15) is 11.1 Å². The van der Waals surface area contributed by atoms with E-state index in [2.05, 4.69) is 319 Å². The highest BCUT2D eigenvalue weighted by Crippen LogP contribution is 2.51. The third kappa shape index (κ3) is 6.34. The number of hydrogen-bond donors (Lipinski definition) is 0. The van der Waals surface area contributed by atoms with Crippen LogP contribution in [0.15, 0.2) is 279 Å². The van der Waals surface area contributed by atoms with Gasteiger partial charge in [0.05, 0.1) is 100 Å². The molecule has 406 valence electrons. The molecule has 0 aliphatic carbocycles. The van der Waals surface area contributed by atoms with Gasteiger partial charge in [-0.2, -0.15) is 10.5 Å². The molecule has 0 saturated heterocycles. The van der Waals surface area contributed by atoms with Gasteiger partial charge < -0.3 is 27.4 Å². The number of fused-ring (bicyclic) bond motifs is 18. The van der Waals surface area contributed by atoms with E-state index in [1.54, 1.807) is 0 Å². The Hall–Kier alpha value is -12.4. The molecule has 0 radical (unpaired) electrons. The zero-order valence-corrected chi connectivity index (χ0v) is 47.1. The molecule has 8 nitrogen and oxygen atoms in total. The fourth-order valence-corrected chi connectivity index (χ4v) is 15.2. The van der Waals surface area contributed by atoms with Gasteiger partial charge in [-0.3, -0.25) is 0 Å². The molecule has 6 aromatic heterocycles. The van der Waals surface area contributed by atoms with Crippen LogP contribution in [-0.2, 0) is 0 Å². The molecule has 19 aromatic rings. The molecule has 0 spiro atoms. The first-order valence-electron chi connectivity index (χ1n) is 29.7. The Morgan fingerprint density at radius 3 is 0.648 bits per heavy atom. The third-order valence-corrected chi connectivity index (χ3v) is 18.6. The van der Waals surface area contributed by atoms with Crippen LogP contribution in [0.4, 0.5) is 0 Å². The highest BCUT2D eigenvalue weighted by molar-refractivity contribution is 6.23. The highest BCUT2D eigenvalue weighted by atomic mass is 15.1. The largest absolute Gasteiger partial charge is 0.309 e. The molecule has 8 heteroatoms. The minimum Gasteiger partial charge on any atom is -0.309 e. The number of nitrogens with zero attached hydrogens (tertiary/aromatic N) is 8. The monoisotopic (exact) mass is 1120 g/mol. The van der Waals surface area contributed by atoms with Crippen molar-refractivity contribution in [2.75, 3.05) is 0 Å². The summed E-state index contributed by atoms with van der Waals surface area (Å²) in [6.07, 6.45) is 0. The molecular weight excluding hydrogens is 1070 g/mol. The van der Waals surface area contributed by atoms with Gasteiger partial charge in [0.2, 0.25) is 0 Å². The molecule has 0 aliphatic heterocycles. The molecule has 0 atom stereocenters. The van der Waals surface area contributed by atoms with Crippen molar-refractivity contribution >= 4 is 131 Å². The molecule has 0 saturated carbocycles. The summed E-state index contributed by atoms with van der Waals surface area (Å²) >= 11 is 0. The summed E-state index contributed by atoms with van der Waals surface area (Å²) in [5.41, 5.74) is 16.9. The molecule has 0 bridgehead atoms. The number of nitriles is 2. The average molecular weight is 1120 g/mol. The summed E-state index contributed by atoms with van der Waals surface area (Å²) in [5, 5.41) is 38.3. The van der Waals surface area contributed by atoms with E-state index in [4.69, 9.17) is 0 Å². The van der Waals surface area contributed by atoms with Gasteiger partial charge >= 0.3 is 0 Å². The van der Waals surface area contributed by atoms with Crippen LogP contribution in [0.25, 0.3) is 165 Å². The molecule has 0 amide bonds. The van der Waals surface area contributed by atoms with Gasteiger partial charge in [0.1, 0.15) is 12.1 Å². The van der Waals surface area contributed by atoms with Crippen LogP contribution in [0.5, 0.6) is 0 Å². The van der Waals surface area contributed by atoms with Gasteiger partial charge in [-0.25, -0.2) is 0 Å². The summed E-state index contributed by atoms with van der Waals surface area (Å²) in [4.78, 5) is 0. The van der Waals surface area contributed by atoms with Crippen molar-refractivity contribution in [3.05, 3.63) is 290 Å². The molecule has 0 unspecified atom stereocenters. The van der Waals surface area contributed by atoms with Crippen molar-refractivity contribution in [3.8, 4) is 46.3 Å². The Labute approximate surface area is 502 Å². The van der Waals surface area contributed by atoms with Gasteiger partial charge in [-0.1, -0.05) is 182 Å². The summed E-state index contributed by atoms with van der Waals surface area (Å²) in [6.45, 7) is 0. The number of aromatic nitrogens is 6. The second-order valence-electron chi connectivity index (χ2n) is 23.0. The maximum atomic E-state index is 12.7. The van der Waals surface area contributed by atoms with Crippen molar-refractivity contribution in [2.45, 2.75) is 0 Å². The third-order valence-electron chi connectivity index (χ3n) is 18.6. The van der Waals surface area contributed by atoms with Gasteiger partial charge in [0, 0.05) is 76.0 Å². The summed E-state index contributed by atoms with van der Waals surface area (Å²) < 4.78 is 14.1. The first-order chi connectivity index (χ1) is 43.7. The summed E-state index contributed by atoms with van der Waals surface area (Å²) in [5.74, 6) is 0. The van der Waals surface area contributed by atoms with Gasteiger partial charge in [0.15, 0.2) is 0 Å². The average Bonchev–Trinajstić information content (AvgIpc) is 1.49. The number of para-hydroxylation sites is 10. The minimum absolute atomic E-state index is 0.246. The first kappa shape index (κ1) is 48.1. The summed E-state index contributed by atoms with van der Waals surface area (Å²) in [7, 11) is 0. The number of rotatable bonds is 6. The van der Waals surface area contributed by atoms with E-state index in [1.807, 2.05) is 0 Å². The Bertz CT molecular complexity index is 5830. The van der Waals surface area contributed by atoms with Gasteiger partial charge in [-0.05, 0) is 97.1 Å². The second kappa shape index (κ2) is 18.1. The first-order valence-corrected chi connectivity index (χ1v) is 29.7. The van der Waals surface area contributed by atoms with Crippen LogP contribution in [0, 0.1) is 22.7 Å². The predicted molar refractivity (Wildman–Crippen MR) is 362 cm³/mol. The van der Waals surface area contributed by atoms with E-state index >= 15 is 0 Å². The molecule has 88 heavy (non-hydrogen) atoms. The molecule has 6 heterocycles. The zero-order valence-electron chi connectivity index (χ0n) is 47.1. The van der Waals surface area contributed by atoms with Crippen LogP contribution < -0.4 is 0 Å². The molecule has 13 aromatic carbocycles. The Kier molecular flexibility index (Phi) is 9.87. The van der Waals surface area contributed by atoms with E-state index in [-0.39, 0.29) is 11.1 Å². The second-order valence-corrected chi connectivity index (χ2v) is 23.0. The molecule has 0 aliphatic rings. The fraction of sp³-hybridized carbons (Fsp3) is 0. The lowest BCUT2D eigenvalue weighted by molar-refractivity contribution is 1.01. The molecule has 0 fully saturated rings. The van der Waals surface area contributed by atoms with Crippen LogP contribution in [0.2, 0.25) is 0 Å². The lowest BCUT2D eigenvalue weighted by Crippen LogP contribution is -2.17. The Morgan fingerprint density at radius 2 is 0.386 bits per heavy atom. The van der Waals surface area contributed by atoms with Crippen LogP contribution >= 0.6 is 0 Å². The van der Waals surface area contributed by atoms with Crippen molar-refractivity contribution in [1.82, 2.24) is 27.4 Å². The smallest absolute Gasteiger partial charge is 0.103 e. The van der Waals surface area contributed by atoms with Crippen molar-refractivity contribution in [3.63, 3.8) is 0 Å². The maximum absolute atomic E-state index is 12.7. The molecule has 19 rings (SSSR count). The predicted octanol–water partition coefficient (Wildman–Crippen LogP) is 20.0. The summed E-state index contributed by atoms with van der Waals surface area (Å²) in [6, 6.07) is 105. The van der Waals surface area contributed by atoms with Crippen molar-refractivity contribution in [2.24, 2.45) is 0 Å². The van der Waals surface area contributed by atoms with E-state index in [0.717, 1.165) is 154 Å². The van der Waals surface area contributed by atoms with Crippen molar-refractivity contribution in [1.29, 1.82) is 10.5 Å². The number of benzene rings is 13. The maximum Gasteiger partial charge on any atom is 0.103 e. The van der Waals surface area contributed by atoms with Gasteiger partial charge in [0.25, 0.3) is 0 Å². The highest BCUT2D eigenvalue weighted by Gasteiger charge is 2.35. The zero-order chi connectivity index (χ0) is 57.9. The Morgan fingerprint density at radius 1 is 0.182 bits per heavy atom. The quantitative estimate of drug-likeness (QED) is 0.166. The minimum atomic E-state index is 0.246. The van der Waals surface area contributed by atoms with E-state index in [0.29, 0.717) is 11.4 Å². The number of hydrogen-bond acceptors (Lipinski definition) is 2. The Balaban J connectivity index is 1.10. The van der Waals surface area contributed by atoms with E-state index in [9.17, 15) is 10.5 Å². The topological polar surface area (TPSA) is 77.2 Å². The SMILES string of the molecule is N#Cc1c(C#N)c(-n2c3ccccc3c3cc4c5ccccc5n(-c5ccccc5)c4cc32)c(-n2c3ccccc3c3ccccc32)c(-n2c3ccccc3c3ccccc32)c1-n1c2ccccc2c2cc3c4ccccc4n(-c4ccccc4)c3cc21. The standard InChI is InChI=1S/C80H46N8/c81-47-63-64(48-82)78(88-72-42-22-14-34-58(72)62-44-60-56-32-12-16-36-66(56)84(74(60)46-76(62)88)50-25-5-2-6-26-50)80(86-69-39-19-9-29-53(69)54-30-10-20-40-70(54)86)79(85-67-37-17-7-27-51(67)52-28-8-18-38-68(52)85)77(63)87-71-41-21-13-33-57(71)61-43-59-55-31-11-15-35-65(55)83(73(59)45-75(61)87)49-23-3-1-4-24-49/h1-46H. The lowest BCUT2D eigenvalue weighted by atomic mass is 9.98. The van der Waals surface area contributed by atoms with Gasteiger partial charge in [-0.15, -0.1) is 0 Å². The van der Waals surface area contributed by atoms with Crippen LogP contribution in [-0.4, -0.2) is 27.4 Å². The van der Waals surface area contributed by atoms with Crippen LogP contribution in [0.3, 0.4) is 0 Å². The molecule has 0 N–H and O–H groups in total. The molecular formula is C80H46N8. The van der Waals surface area contributed by atoms with Crippen molar-refractivity contribution < 1.29 is 0 Å². The fourth-order valence-electron chi connectivity index (χ4n) is 15.2. The lowest BCUT2D eigenvalue weighted by Gasteiger charge is -2.27. The van der Waals surface area contributed by atoms with E-state index < -0.39 is 0 Å².